The maximum Gasteiger partial charge on any atom is 0.269 e. The molecule has 2 N–H and O–H groups in total. The Kier molecular flexibility index (Phi) is 7.18. The highest BCUT2D eigenvalue weighted by Crippen LogP contribution is 2.10. The molecule has 0 spiro atoms. The van der Waals surface area contributed by atoms with Gasteiger partial charge in [0.25, 0.3) is 5.91 Å². The summed E-state index contributed by atoms with van der Waals surface area (Å²) < 4.78 is 1.80. The van der Waals surface area contributed by atoms with E-state index in [0.717, 1.165) is 31.6 Å². The molecule has 0 aromatic carbocycles. The molecular formula is C15H27ClN4O. The highest BCUT2D eigenvalue weighted by atomic mass is 35.5. The molecule has 0 aliphatic carbocycles. The van der Waals surface area contributed by atoms with Crippen LogP contribution >= 0.6 is 12.4 Å². The van der Waals surface area contributed by atoms with Crippen molar-refractivity contribution in [1.29, 1.82) is 0 Å². The normalized spacial score (nSPS) is 17.8. The van der Waals surface area contributed by atoms with Crippen LogP contribution in [0.5, 0.6) is 0 Å². The second-order valence-corrected chi connectivity index (χ2v) is 5.94. The third-order valence-electron chi connectivity index (χ3n) is 3.65. The Labute approximate surface area is 133 Å². The SMILES string of the molecule is CCn1nc(CC(C)C)cc1C(=O)NCC1CCCN1.Cl. The number of halogens is 1. The number of carbonyl (C=O) groups excluding carboxylic acids is 1. The lowest BCUT2D eigenvalue weighted by Crippen LogP contribution is -2.37. The van der Waals surface area contributed by atoms with Crippen molar-refractivity contribution in [1.82, 2.24) is 20.4 Å². The van der Waals surface area contributed by atoms with E-state index in [9.17, 15) is 4.79 Å². The number of aromatic nitrogens is 2. The molecule has 1 amide bonds. The number of aryl methyl sites for hydroxylation is 1. The number of carbonyl (C=O) groups is 1. The van der Waals surface area contributed by atoms with Gasteiger partial charge in [0.1, 0.15) is 5.69 Å². The number of rotatable bonds is 6. The zero-order chi connectivity index (χ0) is 14.5. The van der Waals surface area contributed by atoms with Crippen LogP contribution < -0.4 is 10.6 Å². The first kappa shape index (κ1) is 18.0. The molecule has 0 bridgehead atoms. The Balaban J connectivity index is 0.00000220. The molecule has 1 saturated heterocycles. The molecule has 1 atom stereocenters. The first-order chi connectivity index (χ1) is 9.60. The van der Waals surface area contributed by atoms with E-state index in [-0.39, 0.29) is 18.3 Å². The van der Waals surface area contributed by atoms with Gasteiger partial charge >= 0.3 is 0 Å². The summed E-state index contributed by atoms with van der Waals surface area (Å²) in [4.78, 5) is 12.3. The summed E-state index contributed by atoms with van der Waals surface area (Å²) in [6.45, 7) is 8.83. The molecule has 1 fully saturated rings. The Morgan fingerprint density at radius 2 is 2.33 bits per heavy atom. The van der Waals surface area contributed by atoms with Crippen LogP contribution in [0.2, 0.25) is 0 Å². The molecule has 6 heteroatoms. The van der Waals surface area contributed by atoms with E-state index in [1.54, 1.807) is 4.68 Å². The lowest BCUT2D eigenvalue weighted by molar-refractivity contribution is 0.0939. The van der Waals surface area contributed by atoms with E-state index >= 15 is 0 Å². The summed E-state index contributed by atoms with van der Waals surface area (Å²) in [6.07, 6.45) is 3.26. The molecule has 1 unspecified atom stereocenters. The highest BCUT2D eigenvalue weighted by molar-refractivity contribution is 5.92. The molecule has 1 aliphatic rings. The number of hydrogen-bond donors (Lipinski definition) is 2. The maximum absolute atomic E-state index is 12.3. The molecule has 2 heterocycles. The molecule has 2 rings (SSSR count). The Hall–Kier alpha value is -1.07. The highest BCUT2D eigenvalue weighted by Gasteiger charge is 2.18. The van der Waals surface area contributed by atoms with Gasteiger partial charge in [-0.1, -0.05) is 13.8 Å². The fourth-order valence-electron chi connectivity index (χ4n) is 2.65. The molecule has 0 radical (unpaired) electrons. The van der Waals surface area contributed by atoms with E-state index in [2.05, 4.69) is 29.6 Å². The summed E-state index contributed by atoms with van der Waals surface area (Å²) in [5, 5.41) is 10.9. The topological polar surface area (TPSA) is 59.0 Å². The molecule has 21 heavy (non-hydrogen) atoms. The predicted octanol–water partition coefficient (Wildman–Crippen LogP) is 2.01. The number of amides is 1. The minimum absolute atomic E-state index is 0. The van der Waals surface area contributed by atoms with Crippen LogP contribution in [0.25, 0.3) is 0 Å². The number of nitrogens with one attached hydrogen (secondary N) is 2. The molecule has 1 aliphatic heterocycles. The third-order valence-corrected chi connectivity index (χ3v) is 3.65. The summed E-state index contributed by atoms with van der Waals surface area (Å²) in [6, 6.07) is 2.35. The summed E-state index contributed by atoms with van der Waals surface area (Å²) >= 11 is 0. The lowest BCUT2D eigenvalue weighted by atomic mass is 10.1. The third kappa shape index (κ3) is 5.00. The Morgan fingerprint density at radius 3 is 2.90 bits per heavy atom. The zero-order valence-electron chi connectivity index (χ0n) is 13.2. The fraction of sp³-hybridized carbons (Fsp3) is 0.733. The van der Waals surface area contributed by atoms with Gasteiger partial charge in [0, 0.05) is 19.1 Å². The van der Waals surface area contributed by atoms with Crippen molar-refractivity contribution in [3.63, 3.8) is 0 Å². The molecule has 0 saturated carbocycles. The van der Waals surface area contributed by atoms with Crippen LogP contribution in [0.3, 0.4) is 0 Å². The largest absolute Gasteiger partial charge is 0.349 e. The standard InChI is InChI=1S/C15H26N4O.ClH/c1-4-19-14(9-13(18-19)8-11(2)3)15(20)17-10-12-6-5-7-16-12;/h9,11-12,16H,4-8,10H2,1-3H3,(H,17,20);1H. The van der Waals surface area contributed by atoms with E-state index in [4.69, 9.17) is 0 Å². The lowest BCUT2D eigenvalue weighted by Gasteiger charge is -2.11. The quantitative estimate of drug-likeness (QED) is 0.844. The summed E-state index contributed by atoms with van der Waals surface area (Å²) in [5.74, 6) is 0.539. The van der Waals surface area contributed by atoms with Gasteiger partial charge < -0.3 is 10.6 Å². The van der Waals surface area contributed by atoms with Crippen LogP contribution in [0.4, 0.5) is 0 Å². The smallest absolute Gasteiger partial charge is 0.269 e. The first-order valence-electron chi connectivity index (χ1n) is 7.68. The van der Waals surface area contributed by atoms with E-state index in [0.29, 0.717) is 24.2 Å². The Morgan fingerprint density at radius 1 is 1.57 bits per heavy atom. The van der Waals surface area contributed by atoms with Gasteiger partial charge in [-0.2, -0.15) is 5.10 Å². The monoisotopic (exact) mass is 314 g/mol. The minimum Gasteiger partial charge on any atom is -0.349 e. The number of nitrogens with zero attached hydrogens (tertiary/aromatic N) is 2. The average molecular weight is 315 g/mol. The molecular weight excluding hydrogens is 288 g/mol. The molecule has 5 nitrogen and oxygen atoms in total. The van der Waals surface area contributed by atoms with Crippen LogP contribution in [0.1, 0.15) is 49.8 Å². The van der Waals surface area contributed by atoms with Crippen molar-refractivity contribution in [2.24, 2.45) is 5.92 Å². The van der Waals surface area contributed by atoms with Gasteiger partial charge in [0.15, 0.2) is 0 Å². The van der Waals surface area contributed by atoms with Gasteiger partial charge in [-0.25, -0.2) is 0 Å². The minimum atomic E-state index is -0.0111. The number of hydrogen-bond acceptors (Lipinski definition) is 3. The zero-order valence-corrected chi connectivity index (χ0v) is 14.0. The maximum atomic E-state index is 12.3. The van der Waals surface area contributed by atoms with Gasteiger partial charge in [0.05, 0.1) is 5.69 Å². The van der Waals surface area contributed by atoms with Crippen molar-refractivity contribution in [3.05, 3.63) is 17.5 Å². The summed E-state index contributed by atoms with van der Waals surface area (Å²) in [7, 11) is 0. The summed E-state index contributed by atoms with van der Waals surface area (Å²) in [5.41, 5.74) is 1.69. The van der Waals surface area contributed by atoms with Crippen LogP contribution in [-0.2, 0) is 13.0 Å². The van der Waals surface area contributed by atoms with Crippen molar-refractivity contribution in [2.45, 2.75) is 52.6 Å². The van der Waals surface area contributed by atoms with Crippen molar-refractivity contribution in [3.8, 4) is 0 Å². The molecule has 1 aromatic heterocycles. The molecule has 120 valence electrons. The fourth-order valence-corrected chi connectivity index (χ4v) is 2.65. The average Bonchev–Trinajstić information content (AvgIpc) is 3.04. The predicted molar refractivity (Wildman–Crippen MR) is 87.0 cm³/mol. The van der Waals surface area contributed by atoms with Gasteiger partial charge in [-0.15, -0.1) is 12.4 Å². The van der Waals surface area contributed by atoms with Gasteiger partial charge in [-0.05, 0) is 44.7 Å². The van der Waals surface area contributed by atoms with E-state index in [1.165, 1.54) is 6.42 Å². The molecule has 1 aromatic rings. The van der Waals surface area contributed by atoms with Crippen LogP contribution in [0.15, 0.2) is 6.07 Å². The van der Waals surface area contributed by atoms with E-state index in [1.807, 2.05) is 13.0 Å². The van der Waals surface area contributed by atoms with Gasteiger partial charge in [-0.3, -0.25) is 9.48 Å². The van der Waals surface area contributed by atoms with Crippen molar-refractivity contribution in [2.75, 3.05) is 13.1 Å². The van der Waals surface area contributed by atoms with Crippen LogP contribution in [-0.4, -0.2) is 34.8 Å². The van der Waals surface area contributed by atoms with Crippen LogP contribution in [0, 0.1) is 5.92 Å². The van der Waals surface area contributed by atoms with Crippen molar-refractivity contribution < 1.29 is 4.79 Å². The van der Waals surface area contributed by atoms with Gasteiger partial charge in [0.2, 0.25) is 0 Å². The Bertz CT molecular complexity index is 453. The second-order valence-electron chi connectivity index (χ2n) is 5.94. The first-order valence-corrected chi connectivity index (χ1v) is 7.68. The second kappa shape index (κ2) is 8.39. The van der Waals surface area contributed by atoms with Crippen molar-refractivity contribution >= 4 is 18.3 Å². The van der Waals surface area contributed by atoms with E-state index < -0.39 is 0 Å².